The molecule has 0 saturated heterocycles. The van der Waals surface area contributed by atoms with Crippen molar-refractivity contribution in [1.82, 2.24) is 20.3 Å². The third kappa shape index (κ3) is 4.12. The van der Waals surface area contributed by atoms with Crippen molar-refractivity contribution in [1.29, 1.82) is 0 Å². The van der Waals surface area contributed by atoms with Crippen LogP contribution in [0.4, 0.5) is 0 Å². The van der Waals surface area contributed by atoms with Crippen LogP contribution in [0.25, 0.3) is 0 Å². The van der Waals surface area contributed by atoms with Crippen molar-refractivity contribution in [3.63, 3.8) is 0 Å². The molecular weight excluding hydrogens is 256 g/mol. The lowest BCUT2D eigenvalue weighted by Crippen LogP contribution is -2.24. The number of benzene rings is 1. The van der Waals surface area contributed by atoms with Crippen LogP contribution in [-0.4, -0.2) is 38.4 Å². The number of aryl methyl sites for hydroxylation is 1. The average molecular weight is 276 g/mol. The number of hydrogen-bond donors (Lipinski definition) is 3. The molecule has 6 heteroatoms. The number of nitrogens with one attached hydrogen (secondary N) is 1. The van der Waals surface area contributed by atoms with Crippen molar-refractivity contribution in [2.45, 2.75) is 25.6 Å². The Morgan fingerprint density at radius 3 is 2.70 bits per heavy atom. The largest absolute Gasteiger partial charge is 0.396 e. The Balaban J connectivity index is 1.88. The summed E-state index contributed by atoms with van der Waals surface area (Å²) in [6.45, 7) is 1.38. The summed E-state index contributed by atoms with van der Waals surface area (Å²) in [7, 11) is 0. The molecule has 0 radical (unpaired) electrons. The summed E-state index contributed by atoms with van der Waals surface area (Å²) in [5, 5.41) is 29.5. The van der Waals surface area contributed by atoms with Crippen LogP contribution >= 0.6 is 0 Å². The van der Waals surface area contributed by atoms with Crippen molar-refractivity contribution >= 4 is 0 Å². The maximum atomic E-state index is 9.45. The lowest BCUT2D eigenvalue weighted by molar-refractivity contribution is 0.243. The van der Waals surface area contributed by atoms with E-state index in [0.717, 1.165) is 11.3 Å². The van der Waals surface area contributed by atoms with Gasteiger partial charge in [-0.05, 0) is 12.0 Å². The van der Waals surface area contributed by atoms with Gasteiger partial charge in [0.1, 0.15) is 0 Å². The van der Waals surface area contributed by atoms with Gasteiger partial charge in [0.2, 0.25) is 0 Å². The van der Waals surface area contributed by atoms with Gasteiger partial charge in [0, 0.05) is 25.9 Å². The van der Waals surface area contributed by atoms with E-state index in [2.05, 4.69) is 15.6 Å². The van der Waals surface area contributed by atoms with E-state index in [9.17, 15) is 5.11 Å². The van der Waals surface area contributed by atoms with Crippen LogP contribution in [0.15, 0.2) is 36.5 Å². The molecule has 0 fully saturated rings. The second kappa shape index (κ2) is 7.74. The molecule has 1 heterocycles. The van der Waals surface area contributed by atoms with Gasteiger partial charge in [-0.25, -0.2) is 0 Å². The molecule has 0 aliphatic carbocycles. The molecule has 0 aliphatic rings. The second-order valence-corrected chi connectivity index (χ2v) is 4.58. The SMILES string of the molecule is OCCCn1cc(CNC(CO)c2ccccc2)nn1. The third-order valence-electron chi connectivity index (χ3n) is 3.05. The number of nitrogens with zero attached hydrogens (tertiary/aromatic N) is 3. The molecule has 0 amide bonds. The Bertz CT molecular complexity index is 501. The summed E-state index contributed by atoms with van der Waals surface area (Å²) in [6, 6.07) is 9.69. The predicted molar refractivity (Wildman–Crippen MR) is 74.8 cm³/mol. The summed E-state index contributed by atoms with van der Waals surface area (Å²) in [5.74, 6) is 0. The van der Waals surface area contributed by atoms with Gasteiger partial charge in [-0.15, -0.1) is 5.10 Å². The highest BCUT2D eigenvalue weighted by molar-refractivity contribution is 5.19. The van der Waals surface area contributed by atoms with Gasteiger partial charge in [-0.2, -0.15) is 0 Å². The molecule has 6 nitrogen and oxygen atoms in total. The predicted octanol–water partition coefficient (Wildman–Crippen LogP) is 0.484. The van der Waals surface area contributed by atoms with Crippen LogP contribution in [0.3, 0.4) is 0 Å². The van der Waals surface area contributed by atoms with Crippen molar-refractivity contribution in [3.05, 3.63) is 47.8 Å². The summed E-state index contributed by atoms with van der Waals surface area (Å²) in [4.78, 5) is 0. The zero-order valence-corrected chi connectivity index (χ0v) is 11.3. The second-order valence-electron chi connectivity index (χ2n) is 4.58. The van der Waals surface area contributed by atoms with Gasteiger partial charge in [0.15, 0.2) is 0 Å². The van der Waals surface area contributed by atoms with Gasteiger partial charge in [-0.3, -0.25) is 4.68 Å². The van der Waals surface area contributed by atoms with Crippen LogP contribution in [0.5, 0.6) is 0 Å². The first-order valence-electron chi connectivity index (χ1n) is 6.72. The first kappa shape index (κ1) is 14.6. The van der Waals surface area contributed by atoms with E-state index >= 15 is 0 Å². The van der Waals surface area contributed by atoms with Crippen molar-refractivity contribution in [2.24, 2.45) is 0 Å². The Morgan fingerprint density at radius 2 is 2.00 bits per heavy atom. The van der Waals surface area contributed by atoms with Crippen LogP contribution in [-0.2, 0) is 13.1 Å². The van der Waals surface area contributed by atoms with Crippen LogP contribution < -0.4 is 5.32 Å². The normalized spacial score (nSPS) is 12.5. The molecule has 1 aromatic carbocycles. The van der Waals surface area contributed by atoms with Gasteiger partial charge in [0.25, 0.3) is 0 Å². The van der Waals surface area contributed by atoms with Gasteiger partial charge >= 0.3 is 0 Å². The van der Waals surface area contributed by atoms with Gasteiger partial charge in [-0.1, -0.05) is 35.5 Å². The van der Waals surface area contributed by atoms with E-state index < -0.39 is 0 Å². The molecule has 1 aromatic heterocycles. The zero-order chi connectivity index (χ0) is 14.2. The van der Waals surface area contributed by atoms with Crippen LogP contribution in [0.2, 0.25) is 0 Å². The maximum Gasteiger partial charge on any atom is 0.0965 e. The fraction of sp³-hybridized carbons (Fsp3) is 0.429. The lowest BCUT2D eigenvalue weighted by atomic mass is 10.1. The quantitative estimate of drug-likeness (QED) is 0.653. The van der Waals surface area contributed by atoms with Crippen LogP contribution in [0.1, 0.15) is 23.7 Å². The smallest absolute Gasteiger partial charge is 0.0965 e. The number of aliphatic hydroxyl groups is 2. The Kier molecular flexibility index (Phi) is 5.67. The average Bonchev–Trinajstić information content (AvgIpc) is 2.95. The van der Waals surface area contributed by atoms with Crippen molar-refractivity contribution in [2.75, 3.05) is 13.2 Å². The first-order chi connectivity index (χ1) is 9.83. The fourth-order valence-corrected chi connectivity index (χ4v) is 1.96. The molecule has 0 aliphatic heterocycles. The minimum Gasteiger partial charge on any atom is -0.396 e. The molecule has 3 N–H and O–H groups in total. The molecule has 1 atom stereocenters. The Morgan fingerprint density at radius 1 is 1.20 bits per heavy atom. The summed E-state index contributed by atoms with van der Waals surface area (Å²) < 4.78 is 1.71. The fourth-order valence-electron chi connectivity index (χ4n) is 1.96. The summed E-state index contributed by atoms with van der Waals surface area (Å²) in [6.07, 6.45) is 2.52. The van der Waals surface area contributed by atoms with E-state index in [-0.39, 0.29) is 19.3 Å². The first-order valence-corrected chi connectivity index (χ1v) is 6.72. The number of hydrogen-bond acceptors (Lipinski definition) is 5. The highest BCUT2D eigenvalue weighted by atomic mass is 16.3. The van der Waals surface area contributed by atoms with Gasteiger partial charge < -0.3 is 15.5 Å². The monoisotopic (exact) mass is 276 g/mol. The molecule has 2 aromatic rings. The standard InChI is InChI=1S/C14H20N4O2/c19-8-4-7-18-10-13(16-17-18)9-15-14(11-20)12-5-2-1-3-6-12/h1-3,5-6,10,14-15,19-20H,4,7-9,11H2. The maximum absolute atomic E-state index is 9.45. The number of rotatable bonds is 8. The van der Waals surface area contributed by atoms with E-state index in [1.54, 1.807) is 4.68 Å². The molecule has 108 valence electrons. The molecule has 0 saturated carbocycles. The third-order valence-corrected chi connectivity index (χ3v) is 3.05. The zero-order valence-electron chi connectivity index (χ0n) is 11.3. The summed E-state index contributed by atoms with van der Waals surface area (Å²) >= 11 is 0. The van der Waals surface area contributed by atoms with E-state index in [1.165, 1.54) is 0 Å². The Hall–Kier alpha value is -1.76. The molecule has 2 rings (SSSR count). The van der Waals surface area contributed by atoms with E-state index in [1.807, 2.05) is 36.5 Å². The van der Waals surface area contributed by atoms with E-state index in [0.29, 0.717) is 19.5 Å². The Labute approximate surface area is 118 Å². The van der Waals surface area contributed by atoms with Crippen LogP contribution in [0, 0.1) is 0 Å². The van der Waals surface area contributed by atoms with Crippen molar-refractivity contribution in [3.8, 4) is 0 Å². The highest BCUT2D eigenvalue weighted by Crippen LogP contribution is 2.12. The molecule has 20 heavy (non-hydrogen) atoms. The van der Waals surface area contributed by atoms with Crippen molar-refractivity contribution < 1.29 is 10.2 Å². The number of aliphatic hydroxyl groups excluding tert-OH is 2. The lowest BCUT2D eigenvalue weighted by Gasteiger charge is -2.15. The van der Waals surface area contributed by atoms with Gasteiger partial charge in [0.05, 0.1) is 18.3 Å². The molecular formula is C14H20N4O2. The van der Waals surface area contributed by atoms with E-state index in [4.69, 9.17) is 5.11 Å². The number of aromatic nitrogens is 3. The minimum absolute atomic E-state index is 0.0304. The molecule has 0 spiro atoms. The highest BCUT2D eigenvalue weighted by Gasteiger charge is 2.10. The molecule has 0 bridgehead atoms. The topological polar surface area (TPSA) is 83.2 Å². The molecule has 1 unspecified atom stereocenters. The minimum atomic E-state index is -0.112. The summed E-state index contributed by atoms with van der Waals surface area (Å²) in [5.41, 5.74) is 1.86.